The molecule has 0 atom stereocenters. The molecule has 0 aromatic heterocycles. The van der Waals surface area contributed by atoms with Crippen molar-refractivity contribution in [2.24, 2.45) is 0 Å². The number of hydrogen-bond donors (Lipinski definition) is 1. The van der Waals surface area contributed by atoms with E-state index >= 15 is 0 Å². The van der Waals surface area contributed by atoms with Crippen molar-refractivity contribution in [2.45, 2.75) is 11.8 Å². The number of nitrogens with zero attached hydrogens (tertiary/aromatic N) is 2. The van der Waals surface area contributed by atoms with Crippen LogP contribution >= 0.6 is 0 Å². The first-order chi connectivity index (χ1) is 10.8. The van der Waals surface area contributed by atoms with Crippen LogP contribution in [0.25, 0.3) is 0 Å². The molecule has 9 heteroatoms. The van der Waals surface area contributed by atoms with E-state index in [0.29, 0.717) is 32.2 Å². The first kappa shape index (κ1) is 17.8. The van der Waals surface area contributed by atoms with Crippen LogP contribution < -0.4 is 5.32 Å². The highest BCUT2D eigenvalue weighted by Gasteiger charge is 2.30. The molecule has 1 aliphatic heterocycles. The number of piperazine rings is 1. The molecule has 1 N–H and O–H groups in total. The van der Waals surface area contributed by atoms with Gasteiger partial charge < -0.3 is 5.32 Å². The number of carbonyl (C=O) groups excluding carboxylic acids is 1. The molecular weight excluding hydrogens is 328 g/mol. The van der Waals surface area contributed by atoms with Gasteiger partial charge in [0, 0.05) is 46.2 Å². The van der Waals surface area contributed by atoms with Crippen molar-refractivity contribution in [3.05, 3.63) is 29.8 Å². The molecular formula is C14H19F2N3O3S. The summed E-state index contributed by atoms with van der Waals surface area (Å²) < 4.78 is 52.9. The topological polar surface area (TPSA) is 69.7 Å². The second kappa shape index (κ2) is 7.33. The van der Waals surface area contributed by atoms with Crippen LogP contribution in [0.3, 0.4) is 0 Å². The van der Waals surface area contributed by atoms with Gasteiger partial charge in [0.1, 0.15) is 16.5 Å². The monoisotopic (exact) mass is 347 g/mol. The lowest BCUT2D eigenvalue weighted by molar-refractivity contribution is -0.119. The third kappa shape index (κ3) is 4.46. The summed E-state index contributed by atoms with van der Waals surface area (Å²) >= 11 is 0. The molecule has 1 aromatic rings. The molecule has 0 unspecified atom stereocenters. The van der Waals surface area contributed by atoms with E-state index < -0.39 is 26.6 Å². The molecule has 1 aliphatic rings. The predicted octanol–water partition coefficient (Wildman–Crippen LogP) is 0.407. The minimum Gasteiger partial charge on any atom is -0.355 e. The predicted molar refractivity (Wildman–Crippen MR) is 80.2 cm³/mol. The fourth-order valence-electron chi connectivity index (χ4n) is 2.40. The normalized spacial score (nSPS) is 17.2. The number of benzene rings is 1. The van der Waals surface area contributed by atoms with Crippen molar-refractivity contribution in [1.29, 1.82) is 0 Å². The highest BCUT2D eigenvalue weighted by Crippen LogP contribution is 2.21. The van der Waals surface area contributed by atoms with Crippen LogP contribution in [0.2, 0.25) is 0 Å². The fraction of sp³-hybridized carbons (Fsp3) is 0.500. The fourth-order valence-corrected chi connectivity index (χ4v) is 3.90. The summed E-state index contributed by atoms with van der Waals surface area (Å²) in [6.07, 6.45) is 0. The molecule has 1 saturated heterocycles. The van der Waals surface area contributed by atoms with Crippen LogP contribution in [0.4, 0.5) is 8.78 Å². The molecule has 6 nitrogen and oxygen atoms in total. The highest BCUT2D eigenvalue weighted by molar-refractivity contribution is 7.89. The van der Waals surface area contributed by atoms with E-state index in [1.807, 2.05) is 4.90 Å². The van der Waals surface area contributed by atoms with E-state index in [1.165, 1.54) is 6.92 Å². The molecule has 1 amide bonds. The van der Waals surface area contributed by atoms with Gasteiger partial charge in [-0.1, -0.05) is 0 Å². The zero-order chi connectivity index (χ0) is 17.0. The van der Waals surface area contributed by atoms with Gasteiger partial charge in [-0.25, -0.2) is 17.2 Å². The summed E-state index contributed by atoms with van der Waals surface area (Å²) in [7, 11) is -4.05. The lowest BCUT2D eigenvalue weighted by Gasteiger charge is -2.33. The average molecular weight is 347 g/mol. The smallest absolute Gasteiger partial charge is 0.246 e. The van der Waals surface area contributed by atoms with E-state index in [-0.39, 0.29) is 19.0 Å². The van der Waals surface area contributed by atoms with Crippen LogP contribution in [-0.2, 0) is 14.8 Å². The third-order valence-electron chi connectivity index (χ3n) is 3.64. The maximum absolute atomic E-state index is 13.7. The second-order valence-corrected chi connectivity index (χ2v) is 7.21. The Hall–Kier alpha value is -1.58. The largest absolute Gasteiger partial charge is 0.355 e. The van der Waals surface area contributed by atoms with Gasteiger partial charge in [-0.2, -0.15) is 4.31 Å². The standard InChI is InChI=1S/C14H19F2N3O3S/c1-11(20)17-4-5-18-6-8-19(9-7-18)23(21,22)14-10-12(15)2-3-13(14)16/h2-3,10H,4-9H2,1H3,(H,17,20). The lowest BCUT2D eigenvalue weighted by atomic mass is 10.3. The number of amides is 1. The van der Waals surface area contributed by atoms with Gasteiger partial charge in [-0.15, -0.1) is 0 Å². The highest BCUT2D eigenvalue weighted by atomic mass is 32.2. The molecule has 2 rings (SSSR count). The van der Waals surface area contributed by atoms with Crippen LogP contribution in [0.5, 0.6) is 0 Å². The molecule has 1 heterocycles. The summed E-state index contributed by atoms with van der Waals surface area (Å²) in [5, 5.41) is 2.67. The Labute approximate surface area is 134 Å². The average Bonchev–Trinajstić information content (AvgIpc) is 2.50. The summed E-state index contributed by atoms with van der Waals surface area (Å²) in [4.78, 5) is 12.2. The molecule has 1 aromatic carbocycles. The van der Waals surface area contributed by atoms with Gasteiger partial charge in [0.05, 0.1) is 0 Å². The van der Waals surface area contributed by atoms with Crippen LogP contribution in [0.1, 0.15) is 6.92 Å². The lowest BCUT2D eigenvalue weighted by Crippen LogP contribution is -2.50. The molecule has 0 bridgehead atoms. The summed E-state index contributed by atoms with van der Waals surface area (Å²) in [6, 6.07) is 2.40. The molecule has 0 saturated carbocycles. The summed E-state index contributed by atoms with van der Waals surface area (Å²) in [6.45, 7) is 3.85. The number of halogens is 2. The van der Waals surface area contributed by atoms with Crippen molar-refractivity contribution < 1.29 is 22.0 Å². The number of nitrogens with one attached hydrogen (secondary N) is 1. The van der Waals surface area contributed by atoms with Crippen LogP contribution in [-0.4, -0.2) is 62.8 Å². The van der Waals surface area contributed by atoms with Crippen LogP contribution in [0.15, 0.2) is 23.1 Å². The zero-order valence-corrected chi connectivity index (χ0v) is 13.6. The molecule has 1 fully saturated rings. The SMILES string of the molecule is CC(=O)NCCN1CCN(S(=O)(=O)c2cc(F)ccc2F)CC1. The maximum Gasteiger partial charge on any atom is 0.246 e. The Morgan fingerprint density at radius 1 is 1.22 bits per heavy atom. The van der Waals surface area contributed by atoms with Crippen molar-refractivity contribution in [3.63, 3.8) is 0 Å². The Kier molecular flexibility index (Phi) is 5.66. The Bertz CT molecular complexity index is 674. The number of hydrogen-bond acceptors (Lipinski definition) is 4. The molecule has 0 spiro atoms. The quantitative estimate of drug-likeness (QED) is 0.838. The number of carbonyl (C=O) groups is 1. The number of sulfonamides is 1. The zero-order valence-electron chi connectivity index (χ0n) is 12.8. The summed E-state index contributed by atoms with van der Waals surface area (Å²) in [5.41, 5.74) is 0. The van der Waals surface area contributed by atoms with Gasteiger partial charge in [-0.05, 0) is 18.2 Å². The van der Waals surface area contributed by atoms with Gasteiger partial charge in [-0.3, -0.25) is 9.69 Å². The molecule has 23 heavy (non-hydrogen) atoms. The van der Waals surface area contributed by atoms with Crippen molar-refractivity contribution in [1.82, 2.24) is 14.5 Å². The second-order valence-electron chi connectivity index (χ2n) is 5.30. The minimum atomic E-state index is -4.05. The van der Waals surface area contributed by atoms with Gasteiger partial charge in [0.15, 0.2) is 0 Å². The van der Waals surface area contributed by atoms with E-state index in [9.17, 15) is 22.0 Å². The van der Waals surface area contributed by atoms with Gasteiger partial charge >= 0.3 is 0 Å². The number of rotatable bonds is 5. The first-order valence-corrected chi connectivity index (χ1v) is 8.66. The van der Waals surface area contributed by atoms with E-state index in [4.69, 9.17) is 0 Å². The molecule has 128 valence electrons. The molecule has 0 aliphatic carbocycles. The van der Waals surface area contributed by atoms with E-state index in [0.717, 1.165) is 16.4 Å². The van der Waals surface area contributed by atoms with E-state index in [2.05, 4.69) is 5.32 Å². The van der Waals surface area contributed by atoms with Gasteiger partial charge in [0.25, 0.3) is 0 Å². The van der Waals surface area contributed by atoms with Crippen LogP contribution in [0, 0.1) is 11.6 Å². The van der Waals surface area contributed by atoms with Crippen molar-refractivity contribution >= 4 is 15.9 Å². The van der Waals surface area contributed by atoms with Gasteiger partial charge in [0.2, 0.25) is 15.9 Å². The van der Waals surface area contributed by atoms with Crippen molar-refractivity contribution in [2.75, 3.05) is 39.3 Å². The summed E-state index contributed by atoms with van der Waals surface area (Å²) in [5.74, 6) is -1.87. The third-order valence-corrected chi connectivity index (χ3v) is 5.56. The Morgan fingerprint density at radius 3 is 2.48 bits per heavy atom. The van der Waals surface area contributed by atoms with Crippen molar-refractivity contribution in [3.8, 4) is 0 Å². The Balaban J connectivity index is 1.98. The minimum absolute atomic E-state index is 0.118. The Morgan fingerprint density at radius 2 is 1.87 bits per heavy atom. The maximum atomic E-state index is 13.7. The first-order valence-electron chi connectivity index (χ1n) is 7.22. The molecule has 0 radical (unpaired) electrons. The van der Waals surface area contributed by atoms with E-state index in [1.54, 1.807) is 0 Å².